The average Bonchev–Trinajstić information content (AvgIpc) is 2.90. The lowest BCUT2D eigenvalue weighted by Gasteiger charge is -2.09. The van der Waals surface area contributed by atoms with Crippen molar-refractivity contribution in [3.63, 3.8) is 0 Å². The molecule has 1 aromatic carbocycles. The van der Waals surface area contributed by atoms with Crippen molar-refractivity contribution < 1.29 is 4.79 Å². The van der Waals surface area contributed by atoms with Gasteiger partial charge in [0.15, 0.2) is 0 Å². The van der Waals surface area contributed by atoms with Gasteiger partial charge in [0.05, 0.1) is 10.6 Å². The Bertz CT molecular complexity index is 503. The Hall–Kier alpha value is -1.81. The summed E-state index contributed by atoms with van der Waals surface area (Å²) in [7, 11) is 0. The fraction of sp³-hybridized carbons (Fsp3) is 0.214. The van der Waals surface area contributed by atoms with Crippen LogP contribution in [-0.2, 0) is 0 Å². The van der Waals surface area contributed by atoms with E-state index < -0.39 is 0 Å². The van der Waals surface area contributed by atoms with Crippen molar-refractivity contribution in [1.29, 1.82) is 0 Å². The number of carbonyl (C=O) groups is 1. The largest absolute Gasteiger partial charge is 0.298 e. The fourth-order valence-corrected chi connectivity index (χ4v) is 2.17. The number of anilines is 1. The first-order valence-electron chi connectivity index (χ1n) is 5.86. The number of hydrogen-bond donors (Lipinski definition) is 2. The van der Waals surface area contributed by atoms with Crippen LogP contribution in [0.1, 0.15) is 35.0 Å². The summed E-state index contributed by atoms with van der Waals surface area (Å²) in [4.78, 5) is 12.4. The number of thiophene rings is 1. The van der Waals surface area contributed by atoms with Crippen molar-refractivity contribution in [2.24, 2.45) is 0 Å². The monoisotopic (exact) mass is 260 g/mol. The quantitative estimate of drug-likeness (QED) is 0.824. The van der Waals surface area contributed by atoms with E-state index >= 15 is 0 Å². The normalized spacial score (nSPS) is 10.4. The Morgan fingerprint density at radius 1 is 1.17 bits per heavy atom. The summed E-state index contributed by atoms with van der Waals surface area (Å²) in [6.07, 6.45) is 0. The van der Waals surface area contributed by atoms with Gasteiger partial charge in [-0.05, 0) is 35.1 Å². The lowest BCUT2D eigenvalue weighted by atomic mass is 10.0. The van der Waals surface area contributed by atoms with E-state index in [0.29, 0.717) is 10.8 Å². The van der Waals surface area contributed by atoms with Gasteiger partial charge in [-0.3, -0.25) is 15.6 Å². The number of amides is 1. The maximum absolute atomic E-state index is 11.7. The van der Waals surface area contributed by atoms with Gasteiger partial charge in [0, 0.05) is 0 Å². The molecule has 0 spiro atoms. The maximum Gasteiger partial charge on any atom is 0.279 e. The predicted molar refractivity (Wildman–Crippen MR) is 75.9 cm³/mol. The second-order valence-corrected chi connectivity index (χ2v) is 5.28. The lowest BCUT2D eigenvalue weighted by Crippen LogP contribution is -2.28. The number of rotatable bonds is 4. The van der Waals surface area contributed by atoms with E-state index in [4.69, 9.17) is 0 Å². The topological polar surface area (TPSA) is 41.1 Å². The molecular formula is C14H16N2OS. The highest BCUT2D eigenvalue weighted by Gasteiger charge is 2.05. The summed E-state index contributed by atoms with van der Waals surface area (Å²) >= 11 is 1.42. The summed E-state index contributed by atoms with van der Waals surface area (Å²) in [5, 5.41) is 1.88. The van der Waals surface area contributed by atoms with Crippen molar-refractivity contribution in [3.05, 3.63) is 52.2 Å². The Morgan fingerprint density at radius 2 is 1.89 bits per heavy atom. The van der Waals surface area contributed by atoms with Gasteiger partial charge in [0.25, 0.3) is 5.91 Å². The van der Waals surface area contributed by atoms with E-state index in [1.807, 2.05) is 23.6 Å². The van der Waals surface area contributed by atoms with E-state index in [-0.39, 0.29) is 5.91 Å². The summed E-state index contributed by atoms with van der Waals surface area (Å²) in [6, 6.07) is 11.7. The van der Waals surface area contributed by atoms with E-state index in [1.54, 1.807) is 6.07 Å². The minimum absolute atomic E-state index is 0.113. The molecule has 0 unspecified atom stereocenters. The molecule has 2 aromatic rings. The third-order valence-corrected chi connectivity index (χ3v) is 3.51. The molecular weight excluding hydrogens is 244 g/mol. The molecule has 0 atom stereocenters. The van der Waals surface area contributed by atoms with Gasteiger partial charge in [-0.1, -0.05) is 32.0 Å². The Kier molecular flexibility index (Phi) is 3.99. The summed E-state index contributed by atoms with van der Waals surface area (Å²) in [5.74, 6) is 0.401. The van der Waals surface area contributed by atoms with Crippen LogP contribution in [0.25, 0.3) is 0 Å². The van der Waals surface area contributed by atoms with Crippen molar-refractivity contribution in [1.82, 2.24) is 5.43 Å². The number of hydrazine groups is 1. The summed E-state index contributed by atoms with van der Waals surface area (Å²) in [5.41, 5.74) is 7.74. The van der Waals surface area contributed by atoms with Gasteiger partial charge in [-0.2, -0.15) is 0 Å². The molecule has 0 saturated heterocycles. The second-order valence-electron chi connectivity index (χ2n) is 4.33. The second kappa shape index (κ2) is 5.69. The smallest absolute Gasteiger partial charge is 0.279 e. The van der Waals surface area contributed by atoms with Crippen molar-refractivity contribution in [2.45, 2.75) is 19.8 Å². The van der Waals surface area contributed by atoms with Crippen LogP contribution in [-0.4, -0.2) is 5.91 Å². The number of benzene rings is 1. The zero-order chi connectivity index (χ0) is 13.0. The number of nitrogens with one attached hydrogen (secondary N) is 2. The van der Waals surface area contributed by atoms with Gasteiger partial charge in [0.2, 0.25) is 0 Å². The molecule has 0 aliphatic carbocycles. The molecule has 2 N–H and O–H groups in total. The van der Waals surface area contributed by atoms with Crippen LogP contribution in [0, 0.1) is 0 Å². The van der Waals surface area contributed by atoms with Crippen LogP contribution in [0.15, 0.2) is 41.8 Å². The zero-order valence-corrected chi connectivity index (χ0v) is 11.3. The standard InChI is InChI=1S/C14H16N2OS/c1-10(2)11-5-7-12(8-6-11)15-16-14(17)13-4-3-9-18-13/h3-10,15H,1-2H3,(H,16,17). The molecule has 0 bridgehead atoms. The third-order valence-electron chi connectivity index (χ3n) is 2.64. The molecule has 1 heterocycles. The summed E-state index contributed by atoms with van der Waals surface area (Å²) < 4.78 is 0. The van der Waals surface area contributed by atoms with E-state index in [9.17, 15) is 4.79 Å². The van der Waals surface area contributed by atoms with Crippen LogP contribution in [0.2, 0.25) is 0 Å². The van der Waals surface area contributed by atoms with Crippen LogP contribution >= 0.6 is 11.3 Å². The highest BCUT2D eigenvalue weighted by Crippen LogP contribution is 2.16. The highest BCUT2D eigenvalue weighted by atomic mass is 32.1. The minimum atomic E-state index is -0.113. The van der Waals surface area contributed by atoms with Gasteiger partial charge >= 0.3 is 0 Å². The van der Waals surface area contributed by atoms with Gasteiger partial charge in [-0.25, -0.2) is 0 Å². The van der Waals surface area contributed by atoms with Crippen LogP contribution in [0.5, 0.6) is 0 Å². The first kappa shape index (κ1) is 12.6. The van der Waals surface area contributed by atoms with Gasteiger partial charge in [0.1, 0.15) is 0 Å². The van der Waals surface area contributed by atoms with Crippen LogP contribution < -0.4 is 10.9 Å². The third kappa shape index (κ3) is 3.11. The fourth-order valence-electron chi connectivity index (χ4n) is 1.55. The molecule has 2 rings (SSSR count). The Balaban J connectivity index is 1.92. The lowest BCUT2D eigenvalue weighted by molar-refractivity contribution is 0.0966. The Labute approximate surface area is 111 Å². The molecule has 0 saturated carbocycles. The molecule has 0 radical (unpaired) electrons. The highest BCUT2D eigenvalue weighted by molar-refractivity contribution is 7.12. The van der Waals surface area contributed by atoms with Crippen molar-refractivity contribution >= 4 is 22.9 Å². The van der Waals surface area contributed by atoms with Crippen LogP contribution in [0.4, 0.5) is 5.69 Å². The van der Waals surface area contributed by atoms with E-state index in [1.165, 1.54) is 16.9 Å². The first-order chi connectivity index (χ1) is 8.66. The molecule has 3 nitrogen and oxygen atoms in total. The first-order valence-corrected chi connectivity index (χ1v) is 6.74. The van der Waals surface area contributed by atoms with Gasteiger partial charge < -0.3 is 0 Å². The SMILES string of the molecule is CC(C)c1ccc(NNC(=O)c2cccs2)cc1. The molecule has 0 fully saturated rings. The number of carbonyl (C=O) groups excluding carboxylic acids is 1. The van der Waals surface area contributed by atoms with Gasteiger partial charge in [-0.15, -0.1) is 11.3 Å². The molecule has 1 amide bonds. The number of hydrogen-bond acceptors (Lipinski definition) is 3. The van der Waals surface area contributed by atoms with Crippen molar-refractivity contribution in [3.8, 4) is 0 Å². The summed E-state index contributed by atoms with van der Waals surface area (Å²) in [6.45, 7) is 4.31. The van der Waals surface area contributed by atoms with E-state index in [2.05, 4.69) is 36.8 Å². The maximum atomic E-state index is 11.7. The van der Waals surface area contributed by atoms with Crippen molar-refractivity contribution in [2.75, 3.05) is 5.43 Å². The molecule has 0 aliphatic heterocycles. The molecule has 1 aromatic heterocycles. The zero-order valence-electron chi connectivity index (χ0n) is 10.4. The minimum Gasteiger partial charge on any atom is -0.298 e. The van der Waals surface area contributed by atoms with Crippen LogP contribution in [0.3, 0.4) is 0 Å². The molecule has 0 aliphatic rings. The molecule has 18 heavy (non-hydrogen) atoms. The molecule has 94 valence electrons. The molecule has 4 heteroatoms. The van der Waals surface area contributed by atoms with E-state index in [0.717, 1.165) is 5.69 Å². The average molecular weight is 260 g/mol. The predicted octanol–water partition coefficient (Wildman–Crippen LogP) is 3.63. The Morgan fingerprint density at radius 3 is 2.44 bits per heavy atom.